The molecule has 2 aromatic rings. The van der Waals surface area contributed by atoms with Gasteiger partial charge in [-0.05, 0) is 42.8 Å². The highest BCUT2D eigenvalue weighted by atomic mass is 79.9. The second kappa shape index (κ2) is 9.74. The number of aliphatic imine (C=N–C) groups is 1. The largest absolute Gasteiger partial charge is 0.354 e. The van der Waals surface area contributed by atoms with E-state index in [-0.39, 0.29) is 24.8 Å². The highest BCUT2D eigenvalue weighted by Gasteiger charge is 2.23. The van der Waals surface area contributed by atoms with E-state index in [1.54, 1.807) is 0 Å². The van der Waals surface area contributed by atoms with Gasteiger partial charge in [0.2, 0.25) is 0 Å². The topological polar surface area (TPSA) is 18.8 Å². The average Bonchev–Trinajstić information content (AvgIpc) is 2.83. The van der Waals surface area contributed by atoms with Crippen molar-refractivity contribution in [3.8, 4) is 0 Å². The van der Waals surface area contributed by atoms with Gasteiger partial charge in [0, 0.05) is 36.2 Å². The van der Waals surface area contributed by atoms with Gasteiger partial charge in [0.1, 0.15) is 5.84 Å². The van der Waals surface area contributed by atoms with E-state index in [4.69, 9.17) is 4.99 Å². The van der Waals surface area contributed by atoms with Crippen molar-refractivity contribution in [1.82, 2.24) is 9.80 Å². The first-order valence-electron chi connectivity index (χ1n) is 8.77. The summed E-state index contributed by atoms with van der Waals surface area (Å²) in [6.07, 6.45) is 3.26. The molecule has 0 atom stereocenters. The predicted octanol–water partition coefficient (Wildman–Crippen LogP) is 5.21. The summed E-state index contributed by atoms with van der Waals surface area (Å²) in [6.45, 7) is 4.19. The fourth-order valence-corrected chi connectivity index (χ4v) is 3.67. The number of hydrogen-bond acceptors (Lipinski definition) is 3. The number of para-hydroxylation sites is 1. The molecule has 27 heavy (non-hydrogen) atoms. The van der Waals surface area contributed by atoms with Crippen molar-refractivity contribution in [3.05, 3.63) is 70.2 Å². The summed E-state index contributed by atoms with van der Waals surface area (Å²) in [5, 5.41) is 0. The van der Waals surface area contributed by atoms with Crippen LogP contribution in [0, 0.1) is 0 Å². The summed E-state index contributed by atoms with van der Waals surface area (Å²) in [6, 6.07) is 17.1. The molecule has 0 amide bonds. The number of benzene rings is 2. The van der Waals surface area contributed by atoms with E-state index < -0.39 is 0 Å². The number of likely N-dealkylation sites (N-methyl/N-ethyl adjacent to an activating group) is 1. The van der Waals surface area contributed by atoms with Gasteiger partial charge in [-0.2, -0.15) is 0 Å². The Bertz CT molecular complexity index is 826. The normalized spacial score (nSPS) is 16.9. The van der Waals surface area contributed by atoms with Crippen molar-refractivity contribution in [2.45, 2.75) is 6.42 Å². The lowest BCUT2D eigenvalue weighted by molar-refractivity contribution is 0.216. The third-order valence-electron chi connectivity index (χ3n) is 4.94. The highest BCUT2D eigenvalue weighted by molar-refractivity contribution is 9.10. The van der Waals surface area contributed by atoms with Gasteiger partial charge in [0.05, 0.1) is 5.69 Å². The van der Waals surface area contributed by atoms with Gasteiger partial charge < -0.3 is 9.80 Å². The lowest BCUT2D eigenvalue weighted by atomic mass is 10.0. The van der Waals surface area contributed by atoms with E-state index >= 15 is 0 Å². The van der Waals surface area contributed by atoms with Crippen molar-refractivity contribution in [2.24, 2.45) is 4.99 Å². The molecule has 4 rings (SSSR count). The minimum absolute atomic E-state index is 0. The molecule has 1 saturated heterocycles. The van der Waals surface area contributed by atoms with Crippen LogP contribution < -0.4 is 0 Å². The summed E-state index contributed by atoms with van der Waals surface area (Å²) in [4.78, 5) is 9.93. The van der Waals surface area contributed by atoms with Crippen LogP contribution >= 0.6 is 40.7 Å². The predicted molar refractivity (Wildman–Crippen MR) is 123 cm³/mol. The van der Waals surface area contributed by atoms with Crippen LogP contribution in [0.15, 0.2) is 64.1 Å². The molecule has 0 saturated carbocycles. The molecule has 2 aliphatic heterocycles. The standard InChI is InChI=1S/C21H22BrN3.2ClH/c1-24-12-14-25(15-13-24)21-19(16-6-9-18(22)10-7-16)11-8-17-4-2-3-5-20(17)23-21;;/h2-7,9-11H,8,12-15H2,1H3;2*1H. The van der Waals surface area contributed by atoms with E-state index in [9.17, 15) is 0 Å². The molecular formula is C21H24BrCl2N3. The molecular weight excluding hydrogens is 445 g/mol. The van der Waals surface area contributed by atoms with Gasteiger partial charge in [-0.1, -0.05) is 52.3 Å². The zero-order valence-corrected chi connectivity index (χ0v) is 18.5. The Labute approximate surface area is 182 Å². The minimum Gasteiger partial charge on any atom is -0.354 e. The monoisotopic (exact) mass is 467 g/mol. The van der Waals surface area contributed by atoms with Gasteiger partial charge in [0.25, 0.3) is 0 Å². The number of rotatable bonds is 1. The number of allylic oxidation sites excluding steroid dienone is 1. The average molecular weight is 469 g/mol. The highest BCUT2D eigenvalue weighted by Crippen LogP contribution is 2.30. The maximum absolute atomic E-state index is 5.11. The number of nitrogens with zero attached hydrogens (tertiary/aromatic N) is 3. The SMILES string of the molecule is CN1CCN(C2=Nc3ccccc3CC=C2c2ccc(Br)cc2)CC1.Cl.Cl. The van der Waals surface area contributed by atoms with Crippen molar-refractivity contribution >= 4 is 57.8 Å². The Hall–Kier alpha value is -1.33. The number of fused-ring (bicyclic) bond motifs is 1. The third kappa shape index (κ3) is 4.94. The van der Waals surface area contributed by atoms with Crippen LogP contribution in [0.2, 0.25) is 0 Å². The van der Waals surface area contributed by atoms with E-state index in [2.05, 4.69) is 87.4 Å². The van der Waals surface area contributed by atoms with Crippen LogP contribution in [0.3, 0.4) is 0 Å². The van der Waals surface area contributed by atoms with Crippen LogP contribution in [-0.4, -0.2) is 48.9 Å². The first kappa shape index (κ1) is 22.0. The molecule has 2 aromatic carbocycles. The first-order valence-corrected chi connectivity index (χ1v) is 9.56. The zero-order chi connectivity index (χ0) is 17.2. The Morgan fingerprint density at radius 1 is 0.889 bits per heavy atom. The Kier molecular flexibility index (Phi) is 7.92. The summed E-state index contributed by atoms with van der Waals surface area (Å²) < 4.78 is 1.10. The molecule has 3 nitrogen and oxygen atoms in total. The number of hydrogen-bond donors (Lipinski definition) is 0. The number of piperazine rings is 1. The number of amidine groups is 1. The van der Waals surface area contributed by atoms with Gasteiger partial charge in [0.15, 0.2) is 0 Å². The molecule has 1 fully saturated rings. The molecule has 144 valence electrons. The summed E-state index contributed by atoms with van der Waals surface area (Å²) in [7, 11) is 2.19. The third-order valence-corrected chi connectivity index (χ3v) is 5.47. The van der Waals surface area contributed by atoms with Crippen molar-refractivity contribution < 1.29 is 0 Å². The zero-order valence-electron chi connectivity index (χ0n) is 15.3. The van der Waals surface area contributed by atoms with Crippen molar-refractivity contribution in [1.29, 1.82) is 0 Å². The van der Waals surface area contributed by atoms with Crippen LogP contribution in [0.5, 0.6) is 0 Å². The maximum Gasteiger partial charge on any atom is 0.136 e. The Morgan fingerprint density at radius 2 is 1.56 bits per heavy atom. The Balaban J connectivity index is 0.00000131. The van der Waals surface area contributed by atoms with Crippen molar-refractivity contribution in [2.75, 3.05) is 33.2 Å². The second-order valence-corrected chi connectivity index (χ2v) is 7.60. The molecule has 0 radical (unpaired) electrons. The van der Waals surface area contributed by atoms with E-state index in [1.165, 1.54) is 16.7 Å². The molecule has 6 heteroatoms. The van der Waals surface area contributed by atoms with E-state index in [0.717, 1.165) is 48.6 Å². The van der Waals surface area contributed by atoms with Crippen LogP contribution in [0.4, 0.5) is 5.69 Å². The quantitative estimate of drug-likeness (QED) is 0.572. The molecule has 0 unspecified atom stereocenters. The summed E-state index contributed by atoms with van der Waals surface area (Å²) >= 11 is 3.54. The van der Waals surface area contributed by atoms with Gasteiger partial charge in [-0.15, -0.1) is 24.8 Å². The lowest BCUT2D eigenvalue weighted by Gasteiger charge is -2.35. The fraction of sp³-hybridized carbons (Fsp3) is 0.286. The molecule has 2 aliphatic rings. The summed E-state index contributed by atoms with van der Waals surface area (Å²) in [5.41, 5.74) is 4.86. The summed E-state index contributed by atoms with van der Waals surface area (Å²) in [5.74, 6) is 1.11. The van der Waals surface area contributed by atoms with Gasteiger partial charge in [-0.25, -0.2) is 4.99 Å². The number of halogens is 3. The fourth-order valence-electron chi connectivity index (χ4n) is 3.41. The first-order chi connectivity index (χ1) is 12.2. The van der Waals surface area contributed by atoms with Crippen molar-refractivity contribution in [3.63, 3.8) is 0 Å². The Morgan fingerprint density at radius 3 is 2.26 bits per heavy atom. The maximum atomic E-state index is 5.11. The molecule has 0 bridgehead atoms. The molecule has 0 aromatic heterocycles. The van der Waals surface area contributed by atoms with Crippen LogP contribution in [0.25, 0.3) is 5.57 Å². The molecule has 0 spiro atoms. The van der Waals surface area contributed by atoms with E-state index in [1.807, 2.05) is 0 Å². The van der Waals surface area contributed by atoms with Crippen LogP contribution in [-0.2, 0) is 6.42 Å². The molecule has 2 heterocycles. The molecule has 0 aliphatic carbocycles. The van der Waals surface area contributed by atoms with Gasteiger partial charge in [-0.3, -0.25) is 0 Å². The smallest absolute Gasteiger partial charge is 0.136 e. The van der Waals surface area contributed by atoms with Gasteiger partial charge >= 0.3 is 0 Å². The lowest BCUT2D eigenvalue weighted by Crippen LogP contribution is -2.47. The van der Waals surface area contributed by atoms with E-state index in [0.29, 0.717) is 0 Å². The molecule has 0 N–H and O–H groups in total. The minimum atomic E-state index is 0. The second-order valence-electron chi connectivity index (χ2n) is 6.68. The van der Waals surface area contributed by atoms with Crippen LogP contribution in [0.1, 0.15) is 11.1 Å².